The van der Waals surface area contributed by atoms with Gasteiger partial charge in [-0.1, -0.05) is 24.3 Å². The Bertz CT molecular complexity index is 1050. The van der Waals surface area contributed by atoms with Gasteiger partial charge < -0.3 is 33.5 Å². The number of para-hydroxylation sites is 4. The van der Waals surface area contributed by atoms with E-state index in [0.29, 0.717) is 0 Å². The fourth-order valence-corrected chi connectivity index (χ4v) is 3.35. The van der Waals surface area contributed by atoms with Gasteiger partial charge in [-0.25, -0.2) is 4.79 Å². The van der Waals surface area contributed by atoms with Gasteiger partial charge in [0.1, 0.15) is 33.0 Å². The van der Waals surface area contributed by atoms with Crippen molar-refractivity contribution >= 4 is 5.97 Å². The second-order valence-corrected chi connectivity index (χ2v) is 8.10. The van der Waals surface area contributed by atoms with Gasteiger partial charge in [0.25, 0.3) is 0 Å². The molecule has 0 atom stereocenters. The molecule has 0 bridgehead atoms. The highest BCUT2D eigenvalue weighted by Gasteiger charge is 2.81. The number of hydrogen-bond donors (Lipinski definition) is 1. The van der Waals surface area contributed by atoms with Crippen molar-refractivity contribution < 1.29 is 69.1 Å². The fourth-order valence-electron chi connectivity index (χ4n) is 3.35. The number of hydrogen-bond acceptors (Lipinski definition) is 7. The van der Waals surface area contributed by atoms with Crippen LogP contribution in [0.3, 0.4) is 0 Å². The number of halogens is 7. The van der Waals surface area contributed by atoms with E-state index in [-0.39, 0.29) is 49.4 Å². The number of carbonyl (C=O) groups is 1. The largest absolute Gasteiger partial charge is 0.487 e. The number of alkyl halides is 7. The molecule has 0 radical (unpaired) electrons. The average Bonchev–Trinajstić information content (AvgIpc) is 2.87. The Labute approximate surface area is 217 Å². The zero-order valence-electron chi connectivity index (χ0n) is 20.0. The lowest BCUT2D eigenvalue weighted by Gasteiger charge is -2.42. The SMILES string of the molecule is O=C(O)COC1(C(F)(F)C(F)(F)C(F)(F)F)COc2ccccc2OCCOCCOc2ccccc2OC1. The van der Waals surface area contributed by atoms with Crippen LogP contribution in [0.1, 0.15) is 0 Å². The minimum Gasteiger partial charge on any atom is -0.487 e. The van der Waals surface area contributed by atoms with Crippen LogP contribution in [-0.2, 0) is 14.3 Å². The molecule has 2 aromatic carbocycles. The lowest BCUT2D eigenvalue weighted by molar-refractivity contribution is -0.396. The molecule has 0 aromatic heterocycles. The van der Waals surface area contributed by atoms with Crippen molar-refractivity contribution in [2.24, 2.45) is 0 Å². The summed E-state index contributed by atoms with van der Waals surface area (Å²) in [5.41, 5.74) is -4.00. The molecule has 1 aliphatic heterocycles. The van der Waals surface area contributed by atoms with E-state index in [1.165, 1.54) is 48.5 Å². The van der Waals surface area contributed by atoms with Crippen LogP contribution in [-0.4, -0.2) is 80.9 Å². The molecule has 8 nitrogen and oxygen atoms in total. The summed E-state index contributed by atoms with van der Waals surface area (Å²) in [6.45, 7) is -5.19. The summed E-state index contributed by atoms with van der Waals surface area (Å²) in [5, 5.41) is 9.02. The fraction of sp³-hybridized carbons (Fsp3) is 0.458. The van der Waals surface area contributed by atoms with Crippen LogP contribution in [0.2, 0.25) is 0 Å². The van der Waals surface area contributed by atoms with Crippen molar-refractivity contribution in [1.82, 2.24) is 0 Å². The number of carboxylic acids is 1. The highest BCUT2D eigenvalue weighted by Crippen LogP contribution is 2.53. The first-order valence-corrected chi connectivity index (χ1v) is 11.3. The summed E-state index contributed by atoms with van der Waals surface area (Å²) in [7, 11) is 0. The molecule has 0 amide bonds. The highest BCUT2D eigenvalue weighted by atomic mass is 19.4. The van der Waals surface area contributed by atoms with Gasteiger partial charge >= 0.3 is 24.0 Å². The van der Waals surface area contributed by atoms with E-state index in [1.54, 1.807) is 0 Å². The van der Waals surface area contributed by atoms with Crippen LogP contribution < -0.4 is 18.9 Å². The molecule has 216 valence electrons. The Morgan fingerprint density at radius 3 is 1.54 bits per heavy atom. The molecular formula is C24H23F7O8. The predicted molar refractivity (Wildman–Crippen MR) is 118 cm³/mol. The quantitative estimate of drug-likeness (QED) is 0.520. The Morgan fingerprint density at radius 1 is 0.744 bits per heavy atom. The monoisotopic (exact) mass is 572 g/mol. The molecule has 0 fully saturated rings. The number of carboxylic acid groups (broad SMARTS) is 1. The Morgan fingerprint density at radius 2 is 1.15 bits per heavy atom. The van der Waals surface area contributed by atoms with Crippen molar-refractivity contribution in [2.45, 2.75) is 23.6 Å². The van der Waals surface area contributed by atoms with Crippen molar-refractivity contribution in [1.29, 1.82) is 0 Å². The second kappa shape index (κ2) is 12.2. The molecule has 2 aromatic rings. The van der Waals surface area contributed by atoms with Crippen LogP contribution in [0.25, 0.3) is 0 Å². The summed E-state index contributed by atoms with van der Waals surface area (Å²) in [5.74, 6) is -15.6. The van der Waals surface area contributed by atoms with Crippen molar-refractivity contribution in [3.63, 3.8) is 0 Å². The van der Waals surface area contributed by atoms with E-state index < -0.39 is 49.4 Å². The van der Waals surface area contributed by atoms with Gasteiger partial charge in [0, 0.05) is 0 Å². The second-order valence-electron chi connectivity index (χ2n) is 8.10. The van der Waals surface area contributed by atoms with Gasteiger partial charge in [-0.3, -0.25) is 0 Å². The number of rotatable bonds is 5. The number of aliphatic carboxylic acids is 1. The summed E-state index contributed by atoms with van der Waals surface area (Å²) in [6.07, 6.45) is -6.76. The lowest BCUT2D eigenvalue weighted by Crippen LogP contribution is -2.69. The molecule has 15 heteroatoms. The maximum absolute atomic E-state index is 15.4. The van der Waals surface area contributed by atoms with E-state index in [9.17, 15) is 26.7 Å². The van der Waals surface area contributed by atoms with E-state index in [4.69, 9.17) is 28.8 Å². The molecule has 0 saturated carbocycles. The molecule has 0 aliphatic carbocycles. The lowest BCUT2D eigenvalue weighted by atomic mass is 9.90. The summed E-state index contributed by atoms with van der Waals surface area (Å²) >= 11 is 0. The Kier molecular flexibility index (Phi) is 9.38. The van der Waals surface area contributed by atoms with Gasteiger partial charge in [-0.05, 0) is 24.3 Å². The molecule has 3 rings (SSSR count). The standard InChI is InChI=1S/C24H23F7O8/c25-22(26,23(27,28)24(29,30)31)21(39-13-20(32)33)14-37-18-7-3-1-5-16(18)35-11-9-34-10-12-36-17-6-2-4-8-19(17)38-15-21/h1-8H,9-15H2,(H,32,33). The third kappa shape index (κ3) is 6.76. The average molecular weight is 572 g/mol. The number of fused-ring (bicyclic) bond motifs is 2. The van der Waals surface area contributed by atoms with Gasteiger partial charge in [0.05, 0.1) is 13.2 Å². The minimum absolute atomic E-state index is 0.0391. The molecular weight excluding hydrogens is 549 g/mol. The third-order valence-electron chi connectivity index (χ3n) is 5.38. The summed E-state index contributed by atoms with van der Waals surface area (Å²) < 4.78 is 131. The zero-order chi connectivity index (χ0) is 28.7. The Balaban J connectivity index is 2.13. The topological polar surface area (TPSA) is 92.7 Å². The third-order valence-corrected chi connectivity index (χ3v) is 5.38. The van der Waals surface area contributed by atoms with Crippen molar-refractivity contribution in [2.75, 3.05) is 46.2 Å². The first-order valence-electron chi connectivity index (χ1n) is 11.3. The summed E-state index contributed by atoms with van der Waals surface area (Å²) in [6, 6.07) is 10.6. The molecule has 0 unspecified atom stereocenters. The molecule has 1 heterocycles. The smallest absolute Gasteiger partial charge is 0.459 e. The van der Waals surface area contributed by atoms with Gasteiger partial charge in [0.2, 0.25) is 5.60 Å². The van der Waals surface area contributed by atoms with E-state index in [1.807, 2.05) is 0 Å². The van der Waals surface area contributed by atoms with Gasteiger partial charge in [0.15, 0.2) is 23.0 Å². The van der Waals surface area contributed by atoms with Crippen molar-refractivity contribution in [3.8, 4) is 23.0 Å². The maximum Gasteiger partial charge on any atom is 0.459 e. The van der Waals surface area contributed by atoms with Crippen LogP contribution in [0.15, 0.2) is 48.5 Å². The normalized spacial score (nSPS) is 17.3. The first kappa shape index (κ1) is 30.1. The van der Waals surface area contributed by atoms with Gasteiger partial charge in [-0.15, -0.1) is 0 Å². The van der Waals surface area contributed by atoms with Crippen LogP contribution in [0, 0.1) is 0 Å². The Hall–Kier alpha value is -3.46. The molecule has 1 N–H and O–H groups in total. The summed E-state index contributed by atoms with van der Waals surface area (Å²) in [4.78, 5) is 11.2. The van der Waals surface area contributed by atoms with Crippen molar-refractivity contribution in [3.05, 3.63) is 48.5 Å². The predicted octanol–water partition coefficient (Wildman–Crippen LogP) is 4.61. The van der Waals surface area contributed by atoms with Crippen LogP contribution >= 0.6 is 0 Å². The number of benzene rings is 2. The van der Waals surface area contributed by atoms with E-state index >= 15 is 8.78 Å². The first-order chi connectivity index (χ1) is 18.3. The molecule has 0 saturated heterocycles. The number of ether oxygens (including phenoxy) is 6. The maximum atomic E-state index is 15.4. The molecule has 0 spiro atoms. The highest BCUT2D eigenvalue weighted by molar-refractivity contribution is 5.68. The van der Waals surface area contributed by atoms with E-state index in [2.05, 4.69) is 4.74 Å². The van der Waals surface area contributed by atoms with E-state index in [0.717, 1.165) is 0 Å². The van der Waals surface area contributed by atoms with Crippen LogP contribution in [0.5, 0.6) is 23.0 Å². The molecule has 39 heavy (non-hydrogen) atoms. The van der Waals surface area contributed by atoms with Crippen LogP contribution in [0.4, 0.5) is 30.7 Å². The van der Waals surface area contributed by atoms with Gasteiger partial charge in [-0.2, -0.15) is 30.7 Å². The molecule has 1 aliphatic rings. The minimum atomic E-state index is -6.76. The zero-order valence-corrected chi connectivity index (χ0v) is 20.0.